The zero-order chi connectivity index (χ0) is 10.1. The van der Waals surface area contributed by atoms with Gasteiger partial charge in [0, 0.05) is 0 Å². The van der Waals surface area contributed by atoms with Crippen LogP contribution in [0.3, 0.4) is 0 Å². The smallest absolute Gasteiger partial charge is 0.316 e. The quantitative estimate of drug-likeness (QED) is 0.781. The summed E-state index contributed by atoms with van der Waals surface area (Å²) in [5.74, 6) is 0. The first-order chi connectivity index (χ1) is 5.93. The molecule has 0 aromatic heterocycles. The first kappa shape index (κ1) is 13.3. The van der Waals surface area contributed by atoms with Crippen LogP contribution in [0.15, 0.2) is 24.3 Å². The third kappa shape index (κ3) is 2.89. The van der Waals surface area contributed by atoms with Crippen LogP contribution in [-0.4, -0.2) is 6.18 Å². The maximum atomic E-state index is 12.2. The van der Waals surface area contributed by atoms with Crippen LogP contribution < -0.4 is 5.73 Å². The number of aryl methyl sites for hydroxylation is 1. The van der Waals surface area contributed by atoms with Gasteiger partial charge in [-0.05, 0) is 18.1 Å². The summed E-state index contributed by atoms with van der Waals surface area (Å²) in [5.41, 5.74) is 5.74. The van der Waals surface area contributed by atoms with E-state index in [4.69, 9.17) is 5.73 Å². The molecule has 0 fully saturated rings. The number of rotatable bonds is 1. The van der Waals surface area contributed by atoms with Crippen molar-refractivity contribution in [3.05, 3.63) is 35.4 Å². The molecule has 0 saturated carbocycles. The largest absolute Gasteiger partial charge is 0.407 e. The van der Waals surface area contributed by atoms with Crippen molar-refractivity contribution in [1.29, 1.82) is 0 Å². The van der Waals surface area contributed by atoms with Gasteiger partial charge in [0.1, 0.15) is 6.04 Å². The van der Waals surface area contributed by atoms with Gasteiger partial charge in [-0.15, -0.1) is 12.4 Å². The molecule has 0 amide bonds. The highest BCUT2D eigenvalue weighted by molar-refractivity contribution is 5.85. The summed E-state index contributed by atoms with van der Waals surface area (Å²) in [7, 11) is 0. The van der Waals surface area contributed by atoms with Gasteiger partial charge in [-0.1, -0.05) is 24.3 Å². The second kappa shape index (κ2) is 4.66. The Labute approximate surface area is 86.5 Å². The normalized spacial score (nSPS) is 13.2. The lowest BCUT2D eigenvalue weighted by molar-refractivity contribution is -0.149. The van der Waals surface area contributed by atoms with Crippen LogP contribution in [0.5, 0.6) is 0 Å². The van der Waals surface area contributed by atoms with Crippen LogP contribution in [-0.2, 0) is 0 Å². The van der Waals surface area contributed by atoms with Crippen molar-refractivity contribution in [3.8, 4) is 0 Å². The highest BCUT2D eigenvalue weighted by atomic mass is 35.5. The van der Waals surface area contributed by atoms with Crippen LogP contribution in [0.25, 0.3) is 0 Å². The summed E-state index contributed by atoms with van der Waals surface area (Å²) in [6, 6.07) is 4.36. The minimum Gasteiger partial charge on any atom is -0.316 e. The maximum absolute atomic E-state index is 12.2. The second-order valence-electron chi connectivity index (χ2n) is 2.88. The van der Waals surface area contributed by atoms with Crippen LogP contribution in [0.2, 0.25) is 0 Å². The number of alkyl halides is 3. The lowest BCUT2D eigenvalue weighted by atomic mass is 10.0. The molecule has 0 heterocycles. The first-order valence-electron chi connectivity index (χ1n) is 3.80. The number of hydrogen-bond acceptors (Lipinski definition) is 1. The molecular weight excluding hydrogens is 215 g/mol. The van der Waals surface area contributed by atoms with Gasteiger partial charge in [-0.3, -0.25) is 0 Å². The van der Waals surface area contributed by atoms with Crippen molar-refractivity contribution in [2.24, 2.45) is 5.73 Å². The molecule has 1 aromatic carbocycles. The molecule has 2 N–H and O–H groups in total. The van der Waals surface area contributed by atoms with Gasteiger partial charge in [-0.2, -0.15) is 13.2 Å². The van der Waals surface area contributed by atoms with E-state index in [-0.39, 0.29) is 18.0 Å². The molecule has 0 unspecified atom stereocenters. The zero-order valence-corrected chi connectivity index (χ0v) is 8.32. The van der Waals surface area contributed by atoms with Gasteiger partial charge < -0.3 is 5.73 Å². The Bertz CT molecular complexity index is 298. The monoisotopic (exact) mass is 225 g/mol. The Kier molecular flexibility index (Phi) is 4.42. The zero-order valence-electron chi connectivity index (χ0n) is 7.51. The summed E-state index contributed by atoms with van der Waals surface area (Å²) >= 11 is 0. The fourth-order valence-corrected chi connectivity index (χ4v) is 1.11. The van der Waals surface area contributed by atoms with Crippen molar-refractivity contribution < 1.29 is 13.2 Å². The van der Waals surface area contributed by atoms with E-state index in [9.17, 15) is 13.2 Å². The summed E-state index contributed by atoms with van der Waals surface area (Å²) in [4.78, 5) is 0. The molecule has 1 rings (SSSR count). The van der Waals surface area contributed by atoms with E-state index < -0.39 is 12.2 Å². The highest BCUT2D eigenvalue weighted by Crippen LogP contribution is 2.31. The molecule has 5 heteroatoms. The lowest BCUT2D eigenvalue weighted by Gasteiger charge is -2.17. The van der Waals surface area contributed by atoms with E-state index in [1.54, 1.807) is 25.1 Å². The first-order valence-corrected chi connectivity index (χ1v) is 3.80. The fourth-order valence-electron chi connectivity index (χ4n) is 1.11. The predicted molar refractivity (Wildman–Crippen MR) is 51.4 cm³/mol. The third-order valence-corrected chi connectivity index (χ3v) is 1.88. The van der Waals surface area contributed by atoms with Crippen molar-refractivity contribution in [1.82, 2.24) is 0 Å². The van der Waals surface area contributed by atoms with Gasteiger partial charge in [0.05, 0.1) is 0 Å². The van der Waals surface area contributed by atoms with E-state index in [1.807, 2.05) is 0 Å². The topological polar surface area (TPSA) is 26.0 Å². The number of hydrogen-bond donors (Lipinski definition) is 1. The molecule has 0 saturated heterocycles. The Morgan fingerprint density at radius 3 is 2.14 bits per heavy atom. The van der Waals surface area contributed by atoms with Gasteiger partial charge in [-0.25, -0.2) is 0 Å². The van der Waals surface area contributed by atoms with Gasteiger partial charge in [0.15, 0.2) is 0 Å². The van der Waals surface area contributed by atoms with Crippen molar-refractivity contribution in [2.75, 3.05) is 0 Å². The average Bonchev–Trinajstić information content (AvgIpc) is 2.02. The Balaban J connectivity index is 0.00000169. The van der Waals surface area contributed by atoms with E-state index in [1.165, 1.54) is 6.07 Å². The summed E-state index contributed by atoms with van der Waals surface area (Å²) < 4.78 is 36.6. The summed E-state index contributed by atoms with van der Waals surface area (Å²) in [5, 5.41) is 0. The van der Waals surface area contributed by atoms with Crippen molar-refractivity contribution in [2.45, 2.75) is 19.1 Å². The Morgan fingerprint density at radius 2 is 1.71 bits per heavy atom. The van der Waals surface area contributed by atoms with Crippen LogP contribution in [0.4, 0.5) is 13.2 Å². The molecule has 1 nitrogen and oxygen atoms in total. The summed E-state index contributed by atoms with van der Waals surface area (Å²) in [6.45, 7) is 1.61. The standard InChI is InChI=1S/C9H10F3N.ClH/c1-6-4-2-3-5-7(6)8(13)9(10,11)12;/h2-5,8H,13H2,1H3;1H/t8-;/m0./s1. The molecule has 1 aromatic rings. The number of benzene rings is 1. The molecule has 0 aliphatic heterocycles. The second-order valence-corrected chi connectivity index (χ2v) is 2.88. The van der Waals surface area contributed by atoms with Crippen molar-refractivity contribution >= 4 is 12.4 Å². The number of nitrogens with two attached hydrogens (primary N) is 1. The number of halogens is 4. The molecule has 0 spiro atoms. The predicted octanol–water partition coefficient (Wildman–Crippen LogP) is 2.98. The molecule has 80 valence electrons. The molecule has 0 bridgehead atoms. The molecule has 0 aliphatic carbocycles. The molecule has 0 radical (unpaired) electrons. The highest BCUT2D eigenvalue weighted by Gasteiger charge is 2.38. The van der Waals surface area contributed by atoms with Crippen LogP contribution >= 0.6 is 12.4 Å². The fraction of sp³-hybridized carbons (Fsp3) is 0.333. The van der Waals surface area contributed by atoms with E-state index in [0.29, 0.717) is 5.56 Å². The molecule has 14 heavy (non-hydrogen) atoms. The van der Waals surface area contributed by atoms with Crippen molar-refractivity contribution in [3.63, 3.8) is 0 Å². The van der Waals surface area contributed by atoms with Gasteiger partial charge >= 0.3 is 6.18 Å². The lowest BCUT2D eigenvalue weighted by Crippen LogP contribution is -2.29. The third-order valence-electron chi connectivity index (χ3n) is 1.88. The Hall–Kier alpha value is -0.740. The van der Waals surface area contributed by atoms with Crippen LogP contribution in [0, 0.1) is 6.92 Å². The minimum atomic E-state index is -4.37. The van der Waals surface area contributed by atoms with E-state index in [0.717, 1.165) is 0 Å². The van der Waals surface area contributed by atoms with Crippen LogP contribution in [0.1, 0.15) is 17.2 Å². The minimum absolute atomic E-state index is 0. The molecule has 0 aliphatic rings. The molecule has 1 atom stereocenters. The van der Waals surface area contributed by atoms with Gasteiger partial charge in [0.2, 0.25) is 0 Å². The molecular formula is C9H11ClF3N. The van der Waals surface area contributed by atoms with E-state index in [2.05, 4.69) is 0 Å². The maximum Gasteiger partial charge on any atom is 0.407 e. The SMILES string of the molecule is Cc1ccccc1[C@H](N)C(F)(F)F.Cl. The summed E-state index contributed by atoms with van der Waals surface area (Å²) in [6.07, 6.45) is -4.37. The van der Waals surface area contributed by atoms with E-state index >= 15 is 0 Å². The average molecular weight is 226 g/mol. The van der Waals surface area contributed by atoms with Gasteiger partial charge in [0.25, 0.3) is 0 Å². The Morgan fingerprint density at radius 1 is 1.21 bits per heavy atom.